The Morgan fingerprint density at radius 1 is 1.22 bits per heavy atom. The fourth-order valence-corrected chi connectivity index (χ4v) is 4.82. The molecule has 1 aliphatic heterocycles. The van der Waals surface area contributed by atoms with Gasteiger partial charge in [-0.15, -0.1) is 4.98 Å². The summed E-state index contributed by atoms with van der Waals surface area (Å²) in [7, 11) is 0. The van der Waals surface area contributed by atoms with Crippen LogP contribution in [0.25, 0.3) is 11.0 Å². The summed E-state index contributed by atoms with van der Waals surface area (Å²) in [5.74, 6) is 1.05. The first-order chi connectivity index (χ1) is 19.7. The van der Waals surface area contributed by atoms with Crippen LogP contribution in [0.3, 0.4) is 0 Å². The summed E-state index contributed by atoms with van der Waals surface area (Å²) in [4.78, 5) is 27.7. The van der Waals surface area contributed by atoms with Crippen molar-refractivity contribution in [2.24, 2.45) is 0 Å². The van der Waals surface area contributed by atoms with E-state index in [-0.39, 0.29) is 18.2 Å². The SMILES string of the molecule is CC(=O)[C@H](CCN(CCCCc1ccc2c(n1)NCCC2)CCOCC(F)(F)F)Nc1c2ncccc2nc[n+]1O. The number of hydrogen-bond donors (Lipinski definition) is 3. The van der Waals surface area contributed by atoms with Gasteiger partial charge in [0.05, 0.1) is 6.61 Å². The molecule has 3 N–H and O–H groups in total. The number of carbonyl (C=O) groups excluding carboxylic acids is 1. The molecule has 0 bridgehead atoms. The fourth-order valence-electron chi connectivity index (χ4n) is 4.82. The summed E-state index contributed by atoms with van der Waals surface area (Å²) in [6, 6.07) is 6.99. The first kappa shape index (κ1) is 30.4. The van der Waals surface area contributed by atoms with Crippen LogP contribution < -0.4 is 15.4 Å². The molecule has 0 fully saturated rings. The molecule has 10 nitrogen and oxygen atoms in total. The third kappa shape index (κ3) is 9.22. The van der Waals surface area contributed by atoms with Gasteiger partial charge in [0.15, 0.2) is 16.8 Å². The van der Waals surface area contributed by atoms with Gasteiger partial charge in [0.2, 0.25) is 0 Å². The fraction of sp³-hybridized carbons (Fsp3) is 0.536. The Hall–Kier alpha value is -3.58. The molecular weight excluding hydrogens is 539 g/mol. The van der Waals surface area contributed by atoms with Gasteiger partial charge >= 0.3 is 6.18 Å². The van der Waals surface area contributed by atoms with E-state index >= 15 is 0 Å². The minimum Gasteiger partial charge on any atom is -0.371 e. The normalized spacial score (nSPS) is 14.1. The molecule has 13 heteroatoms. The van der Waals surface area contributed by atoms with Crippen LogP contribution in [0.2, 0.25) is 0 Å². The number of unbranched alkanes of at least 4 members (excludes halogenated alkanes) is 1. The Morgan fingerprint density at radius 2 is 2.07 bits per heavy atom. The molecule has 4 rings (SSSR count). The second kappa shape index (κ2) is 14.4. The standard InChI is InChI=1S/C28H36F3N7O3/c1-20(39)23(36-27-25-24(8-5-12-32-25)34-19-38(27)40)11-15-37(16-17-41-18-28(29,30)31)14-3-2-7-22-10-9-21-6-4-13-33-26(21)35-22/h5,8-10,12,19,23,40H,2-4,6-7,11,13-18H2,1H3,(H,33,35)/p+1/t23-/m0/s1. The average Bonchev–Trinajstić information content (AvgIpc) is 2.95. The smallest absolute Gasteiger partial charge is 0.371 e. The van der Waals surface area contributed by atoms with Crippen LogP contribution in [0, 0.1) is 0 Å². The number of ketones is 1. The first-order valence-corrected chi connectivity index (χ1v) is 13.9. The lowest BCUT2D eigenvalue weighted by molar-refractivity contribution is -0.894. The third-order valence-corrected chi connectivity index (χ3v) is 7.01. The molecule has 0 radical (unpaired) electrons. The minimum atomic E-state index is -4.38. The summed E-state index contributed by atoms with van der Waals surface area (Å²) in [5, 5.41) is 16.8. The lowest BCUT2D eigenvalue weighted by atomic mass is 10.1. The van der Waals surface area contributed by atoms with Crippen LogP contribution in [0.4, 0.5) is 24.8 Å². The number of pyridine rings is 2. The van der Waals surface area contributed by atoms with Crippen LogP contribution in [0.1, 0.15) is 43.9 Å². The van der Waals surface area contributed by atoms with Gasteiger partial charge in [-0.25, -0.2) is 9.97 Å². The van der Waals surface area contributed by atoms with Gasteiger partial charge in [-0.3, -0.25) is 10.1 Å². The van der Waals surface area contributed by atoms with Crippen molar-refractivity contribution in [1.29, 1.82) is 0 Å². The van der Waals surface area contributed by atoms with Crippen molar-refractivity contribution in [3.63, 3.8) is 0 Å². The molecular formula is C28H37F3N7O3+. The maximum Gasteiger partial charge on any atom is 0.411 e. The minimum absolute atomic E-state index is 0.0781. The number of alkyl halides is 3. The Balaban J connectivity index is 1.34. The van der Waals surface area contributed by atoms with Gasteiger partial charge < -0.3 is 20.2 Å². The predicted molar refractivity (Wildman–Crippen MR) is 147 cm³/mol. The zero-order valence-corrected chi connectivity index (χ0v) is 23.2. The molecule has 222 valence electrons. The predicted octanol–water partition coefficient (Wildman–Crippen LogP) is 3.57. The van der Waals surface area contributed by atoms with E-state index in [0.29, 0.717) is 37.1 Å². The molecule has 0 aliphatic carbocycles. The summed E-state index contributed by atoms with van der Waals surface area (Å²) in [6.07, 6.45) is 3.37. The van der Waals surface area contributed by atoms with E-state index in [1.54, 1.807) is 18.3 Å². The monoisotopic (exact) mass is 576 g/mol. The van der Waals surface area contributed by atoms with Crippen molar-refractivity contribution in [2.45, 2.75) is 57.7 Å². The van der Waals surface area contributed by atoms with Crippen molar-refractivity contribution in [3.05, 3.63) is 48.0 Å². The zero-order chi connectivity index (χ0) is 29.2. The topological polar surface area (TPSA) is 116 Å². The number of ether oxygens (including phenoxy) is 1. The number of hydrogen-bond acceptors (Lipinski definition) is 9. The van der Waals surface area contributed by atoms with E-state index in [9.17, 15) is 23.2 Å². The largest absolute Gasteiger partial charge is 0.411 e. The number of aromatic nitrogens is 4. The van der Waals surface area contributed by atoms with E-state index in [1.807, 2.05) is 4.90 Å². The van der Waals surface area contributed by atoms with E-state index in [2.05, 4.69) is 32.7 Å². The van der Waals surface area contributed by atoms with Crippen molar-refractivity contribution in [2.75, 3.05) is 50.0 Å². The molecule has 41 heavy (non-hydrogen) atoms. The quantitative estimate of drug-likeness (QED) is 0.142. The number of nitrogens with zero attached hydrogens (tertiary/aromatic N) is 5. The van der Waals surface area contributed by atoms with Crippen molar-refractivity contribution < 1.29 is 32.6 Å². The highest BCUT2D eigenvalue weighted by Crippen LogP contribution is 2.21. The molecule has 1 aliphatic rings. The Bertz CT molecular complexity index is 1310. The average molecular weight is 577 g/mol. The van der Waals surface area contributed by atoms with Gasteiger partial charge in [-0.1, -0.05) is 10.8 Å². The first-order valence-electron chi connectivity index (χ1n) is 13.9. The van der Waals surface area contributed by atoms with E-state index in [4.69, 9.17) is 9.72 Å². The number of carbonyl (C=O) groups is 1. The molecule has 3 aromatic rings. The third-order valence-electron chi connectivity index (χ3n) is 7.01. The summed E-state index contributed by atoms with van der Waals surface area (Å²) in [5.41, 5.74) is 3.21. The lowest BCUT2D eigenvalue weighted by Crippen LogP contribution is -2.41. The molecule has 1 atom stereocenters. The summed E-state index contributed by atoms with van der Waals surface area (Å²) >= 11 is 0. The molecule has 0 saturated carbocycles. The summed E-state index contributed by atoms with van der Waals surface area (Å²) < 4.78 is 43.3. The molecule has 4 heterocycles. The highest BCUT2D eigenvalue weighted by molar-refractivity contribution is 5.88. The van der Waals surface area contributed by atoms with Crippen LogP contribution >= 0.6 is 0 Å². The number of aryl methyl sites for hydroxylation is 2. The van der Waals surface area contributed by atoms with Crippen LogP contribution in [0.15, 0.2) is 36.8 Å². The highest BCUT2D eigenvalue weighted by atomic mass is 19.4. The van der Waals surface area contributed by atoms with E-state index < -0.39 is 18.8 Å². The summed E-state index contributed by atoms with van der Waals surface area (Å²) in [6.45, 7) is 2.37. The molecule has 0 unspecified atom stereocenters. The maximum absolute atomic E-state index is 12.6. The van der Waals surface area contributed by atoms with Gasteiger partial charge in [-0.05, 0) is 69.3 Å². The van der Waals surface area contributed by atoms with E-state index in [1.165, 1.54) is 18.8 Å². The van der Waals surface area contributed by atoms with Crippen molar-refractivity contribution in [1.82, 2.24) is 19.9 Å². The maximum atomic E-state index is 12.6. The Kier molecular flexibility index (Phi) is 10.6. The molecule has 0 amide bonds. The molecule has 0 spiro atoms. The van der Waals surface area contributed by atoms with Crippen LogP contribution in [-0.4, -0.2) is 82.5 Å². The Morgan fingerprint density at radius 3 is 2.88 bits per heavy atom. The Labute approximate surface area is 236 Å². The number of anilines is 2. The second-order valence-corrected chi connectivity index (χ2v) is 10.2. The van der Waals surface area contributed by atoms with Crippen LogP contribution in [-0.2, 0) is 22.4 Å². The van der Waals surface area contributed by atoms with E-state index in [0.717, 1.165) is 54.9 Å². The van der Waals surface area contributed by atoms with Gasteiger partial charge in [0.1, 0.15) is 18.5 Å². The zero-order valence-electron chi connectivity index (χ0n) is 23.2. The van der Waals surface area contributed by atoms with Gasteiger partial charge in [0, 0.05) is 37.9 Å². The second-order valence-electron chi connectivity index (χ2n) is 10.2. The van der Waals surface area contributed by atoms with Gasteiger partial charge in [-0.2, -0.15) is 13.2 Å². The van der Waals surface area contributed by atoms with Gasteiger partial charge in [0.25, 0.3) is 12.1 Å². The number of nitrogens with one attached hydrogen (secondary N) is 2. The lowest BCUT2D eigenvalue weighted by Gasteiger charge is -2.24. The number of fused-ring (bicyclic) bond motifs is 2. The number of Topliss-reactive ketones (excluding diaryl/α,β-unsaturated/α-hetero) is 1. The molecule has 3 aromatic heterocycles. The molecule has 0 saturated heterocycles. The highest BCUT2D eigenvalue weighted by Gasteiger charge is 2.28. The number of rotatable bonds is 15. The van der Waals surface area contributed by atoms with Crippen molar-refractivity contribution >= 4 is 28.5 Å². The molecule has 0 aromatic carbocycles. The number of halogens is 3. The van der Waals surface area contributed by atoms with Crippen LogP contribution in [0.5, 0.6) is 0 Å². The van der Waals surface area contributed by atoms with Crippen molar-refractivity contribution in [3.8, 4) is 0 Å².